The van der Waals surface area contributed by atoms with Crippen molar-refractivity contribution >= 4 is 28.3 Å². The highest BCUT2D eigenvalue weighted by molar-refractivity contribution is 6.03. The molecule has 0 unspecified atom stereocenters. The molecule has 0 aliphatic carbocycles. The Bertz CT molecular complexity index is 1150. The lowest BCUT2D eigenvalue weighted by Crippen LogP contribution is -2.43. The normalized spacial score (nSPS) is 14.8. The predicted octanol–water partition coefficient (Wildman–Crippen LogP) is 3.64. The van der Waals surface area contributed by atoms with Crippen molar-refractivity contribution in [3.63, 3.8) is 0 Å². The molecule has 0 spiro atoms. The monoisotopic (exact) mass is 429 g/mol. The Morgan fingerprint density at radius 1 is 1.19 bits per heavy atom. The molecule has 1 saturated heterocycles. The molecule has 164 valence electrons. The maximum atomic E-state index is 12.8. The van der Waals surface area contributed by atoms with Gasteiger partial charge in [0.1, 0.15) is 5.69 Å². The van der Waals surface area contributed by atoms with Crippen LogP contribution in [0.2, 0.25) is 0 Å². The van der Waals surface area contributed by atoms with Gasteiger partial charge in [0.2, 0.25) is 5.91 Å². The summed E-state index contributed by atoms with van der Waals surface area (Å²) in [5.41, 5.74) is 1.84. The molecule has 4 rings (SSSR count). The van der Waals surface area contributed by atoms with E-state index >= 15 is 0 Å². The Balaban J connectivity index is 1.58. The van der Waals surface area contributed by atoms with Gasteiger partial charge in [-0.2, -0.15) is 0 Å². The number of rotatable bonds is 6. The lowest BCUT2D eigenvalue weighted by Gasteiger charge is -2.29. The summed E-state index contributed by atoms with van der Waals surface area (Å²) in [6.45, 7) is 5.56. The number of hydrogen-bond donors (Lipinski definition) is 2. The molecular weight excluding hydrogens is 402 g/mol. The van der Waals surface area contributed by atoms with E-state index in [-0.39, 0.29) is 24.3 Å². The number of hydrogen-bond acceptors (Lipinski definition) is 5. The molecule has 7 nitrogen and oxygen atoms in total. The molecule has 32 heavy (non-hydrogen) atoms. The van der Waals surface area contributed by atoms with E-state index in [4.69, 9.17) is 0 Å². The molecule has 2 aromatic carbocycles. The van der Waals surface area contributed by atoms with E-state index in [2.05, 4.69) is 39.1 Å². The number of anilines is 1. The van der Waals surface area contributed by atoms with Crippen molar-refractivity contribution in [3.05, 3.63) is 67.0 Å². The fourth-order valence-corrected chi connectivity index (χ4v) is 3.89. The molecule has 0 saturated carbocycles. The van der Waals surface area contributed by atoms with Crippen LogP contribution in [-0.2, 0) is 4.79 Å². The van der Waals surface area contributed by atoms with Crippen molar-refractivity contribution in [1.82, 2.24) is 20.2 Å². The van der Waals surface area contributed by atoms with Crippen molar-refractivity contribution in [2.75, 3.05) is 25.5 Å². The first-order valence-corrected chi connectivity index (χ1v) is 10.8. The number of carbonyl (C=O) groups excluding carboxylic acids is 2. The van der Waals surface area contributed by atoms with E-state index in [1.54, 1.807) is 18.3 Å². The van der Waals surface area contributed by atoms with Crippen LogP contribution in [0.25, 0.3) is 22.2 Å². The number of aromatic nitrogens is 2. The van der Waals surface area contributed by atoms with Gasteiger partial charge in [-0.1, -0.05) is 30.3 Å². The van der Waals surface area contributed by atoms with E-state index in [1.807, 2.05) is 36.4 Å². The van der Waals surface area contributed by atoms with Crippen LogP contribution in [-0.4, -0.2) is 52.9 Å². The van der Waals surface area contributed by atoms with Crippen LogP contribution in [0.1, 0.15) is 29.8 Å². The number of piperidine rings is 1. The highest BCUT2D eigenvalue weighted by Gasteiger charge is 2.20. The Labute approximate surface area is 187 Å². The average Bonchev–Trinajstić information content (AvgIpc) is 2.81. The van der Waals surface area contributed by atoms with Gasteiger partial charge < -0.3 is 15.5 Å². The molecule has 2 heterocycles. The third-order valence-electron chi connectivity index (χ3n) is 5.69. The van der Waals surface area contributed by atoms with Crippen LogP contribution in [0.3, 0.4) is 0 Å². The second-order valence-corrected chi connectivity index (χ2v) is 8.10. The molecule has 1 aliphatic rings. The number of fused-ring (bicyclic) bond motifs is 1. The number of likely N-dealkylation sites (tertiary alicyclic amines) is 1. The molecule has 0 atom stereocenters. The molecule has 1 fully saturated rings. The zero-order valence-corrected chi connectivity index (χ0v) is 18.2. The first-order valence-electron chi connectivity index (χ1n) is 10.8. The fourth-order valence-electron chi connectivity index (χ4n) is 3.89. The molecule has 2 N–H and O–H groups in total. The number of nitrogens with zero attached hydrogens (tertiary/aromatic N) is 3. The maximum Gasteiger partial charge on any atom is 0.270 e. The van der Waals surface area contributed by atoms with Gasteiger partial charge in [-0.3, -0.25) is 9.59 Å². The number of amides is 2. The predicted molar refractivity (Wildman–Crippen MR) is 126 cm³/mol. The van der Waals surface area contributed by atoms with Gasteiger partial charge in [0.05, 0.1) is 0 Å². The zero-order chi connectivity index (χ0) is 22.5. The quantitative estimate of drug-likeness (QED) is 0.584. The van der Waals surface area contributed by atoms with Crippen LogP contribution < -0.4 is 10.6 Å². The van der Waals surface area contributed by atoms with Crippen LogP contribution in [0.4, 0.5) is 5.69 Å². The van der Waals surface area contributed by atoms with Crippen molar-refractivity contribution in [1.29, 1.82) is 0 Å². The summed E-state index contributed by atoms with van der Waals surface area (Å²) in [5.74, 6) is 0.165. The highest BCUT2D eigenvalue weighted by Crippen LogP contribution is 2.28. The number of nitrogens with one attached hydrogen (secondary N) is 2. The van der Waals surface area contributed by atoms with Gasteiger partial charge in [0, 0.05) is 35.3 Å². The summed E-state index contributed by atoms with van der Waals surface area (Å²) in [6.07, 6.45) is 5.29. The molecule has 1 aromatic heterocycles. The summed E-state index contributed by atoms with van der Waals surface area (Å²) in [6, 6.07) is 13.4. The Morgan fingerprint density at radius 2 is 2.00 bits per heavy atom. The molecule has 0 bridgehead atoms. The largest absolute Gasteiger partial charge is 0.348 e. The van der Waals surface area contributed by atoms with Crippen molar-refractivity contribution < 1.29 is 9.59 Å². The van der Waals surface area contributed by atoms with Crippen molar-refractivity contribution in [2.45, 2.75) is 25.3 Å². The van der Waals surface area contributed by atoms with E-state index in [0.717, 1.165) is 42.3 Å². The summed E-state index contributed by atoms with van der Waals surface area (Å²) in [5, 5.41) is 7.89. The molecule has 2 amide bonds. The molecule has 7 heteroatoms. The topological polar surface area (TPSA) is 87.2 Å². The first-order chi connectivity index (χ1) is 15.5. The number of benzene rings is 2. The second-order valence-electron chi connectivity index (χ2n) is 8.10. The summed E-state index contributed by atoms with van der Waals surface area (Å²) < 4.78 is 0. The lowest BCUT2D eigenvalue weighted by molar-refractivity contribution is -0.115. The van der Waals surface area contributed by atoms with E-state index < -0.39 is 0 Å². The van der Waals surface area contributed by atoms with Crippen LogP contribution >= 0.6 is 0 Å². The molecule has 0 radical (unpaired) electrons. The molecular formula is C25H27N5O2. The lowest BCUT2D eigenvalue weighted by atomic mass is 10.0. The minimum atomic E-state index is -0.179. The van der Waals surface area contributed by atoms with Gasteiger partial charge in [0.15, 0.2) is 5.82 Å². The van der Waals surface area contributed by atoms with E-state index in [1.165, 1.54) is 0 Å². The van der Waals surface area contributed by atoms with Crippen LogP contribution in [0, 0.1) is 0 Å². The second kappa shape index (κ2) is 9.70. The summed E-state index contributed by atoms with van der Waals surface area (Å²) in [4.78, 5) is 36.0. The maximum absolute atomic E-state index is 12.8. The third kappa shape index (κ3) is 5.00. The minimum absolute atomic E-state index is 0.123. The Kier molecular flexibility index (Phi) is 6.56. The first kappa shape index (κ1) is 21.6. The Morgan fingerprint density at radius 3 is 2.78 bits per heavy atom. The van der Waals surface area contributed by atoms with Crippen molar-refractivity contribution in [3.8, 4) is 11.4 Å². The zero-order valence-electron chi connectivity index (χ0n) is 18.2. The van der Waals surface area contributed by atoms with E-state index in [0.29, 0.717) is 17.2 Å². The SMILES string of the molecule is C=CCC(=O)Nc1cccc2ccc(-c3nccc(C(=O)NC4CCN(C)CC4)n3)cc12. The van der Waals surface area contributed by atoms with Crippen molar-refractivity contribution in [2.24, 2.45) is 0 Å². The third-order valence-corrected chi connectivity index (χ3v) is 5.69. The van der Waals surface area contributed by atoms with Gasteiger partial charge in [-0.25, -0.2) is 9.97 Å². The standard InChI is InChI=1S/C25H27N5O2/c1-3-5-23(31)28-21-7-4-6-17-8-9-18(16-20(17)21)24-26-13-10-22(29-24)25(32)27-19-11-14-30(2)15-12-19/h3-4,6-10,13,16,19H,1,5,11-12,14-15H2,2H3,(H,27,32)(H,28,31). The molecule has 1 aliphatic heterocycles. The van der Waals surface area contributed by atoms with Gasteiger partial charge >= 0.3 is 0 Å². The average molecular weight is 430 g/mol. The Hall–Kier alpha value is -3.58. The van der Waals surface area contributed by atoms with E-state index in [9.17, 15) is 9.59 Å². The smallest absolute Gasteiger partial charge is 0.270 e. The van der Waals surface area contributed by atoms with Gasteiger partial charge in [0.25, 0.3) is 5.91 Å². The highest BCUT2D eigenvalue weighted by atomic mass is 16.2. The number of carbonyl (C=O) groups is 2. The van der Waals surface area contributed by atoms with Crippen LogP contribution in [0.5, 0.6) is 0 Å². The summed E-state index contributed by atoms with van der Waals surface area (Å²) in [7, 11) is 2.09. The molecule has 3 aromatic rings. The minimum Gasteiger partial charge on any atom is -0.348 e. The van der Waals surface area contributed by atoms with Gasteiger partial charge in [-0.15, -0.1) is 6.58 Å². The van der Waals surface area contributed by atoms with Gasteiger partial charge in [-0.05, 0) is 56.6 Å². The van der Waals surface area contributed by atoms with Crippen LogP contribution in [0.15, 0.2) is 61.3 Å². The fraction of sp³-hybridized carbons (Fsp3) is 0.280. The summed E-state index contributed by atoms with van der Waals surface area (Å²) >= 11 is 0.